The first-order valence-corrected chi connectivity index (χ1v) is 12.8. The average Bonchev–Trinajstić information content (AvgIpc) is 3.33. The van der Waals surface area contributed by atoms with Crippen LogP contribution < -0.4 is 5.32 Å². The second kappa shape index (κ2) is 8.99. The van der Waals surface area contributed by atoms with Crippen LogP contribution in [0, 0.1) is 11.8 Å². The Hall–Kier alpha value is -1.58. The number of aliphatic hydroxyl groups excluding tert-OH is 1. The molecule has 1 aromatic rings. The van der Waals surface area contributed by atoms with Crippen molar-refractivity contribution in [2.75, 3.05) is 13.2 Å². The van der Waals surface area contributed by atoms with Crippen LogP contribution in [-0.4, -0.2) is 67.9 Å². The Labute approximate surface area is 200 Å². The van der Waals surface area contributed by atoms with Gasteiger partial charge in [-0.3, -0.25) is 14.4 Å². The maximum Gasteiger partial charge on any atom is 0.310 e. The number of ether oxygens (including phenoxy) is 1. The number of hydrogen-bond acceptors (Lipinski definition) is 6. The van der Waals surface area contributed by atoms with E-state index in [2.05, 4.69) is 21.2 Å². The van der Waals surface area contributed by atoms with Crippen molar-refractivity contribution in [3.05, 3.63) is 35.9 Å². The summed E-state index contributed by atoms with van der Waals surface area (Å²) in [5, 5.41) is 13.2. The summed E-state index contributed by atoms with van der Waals surface area (Å²) in [7, 11) is 0. The fourth-order valence-corrected chi connectivity index (χ4v) is 9.19. The number of amides is 2. The third-order valence-electron chi connectivity index (χ3n) is 6.66. The number of thioether (sulfide) groups is 1. The molecule has 3 aliphatic rings. The molecule has 7 nitrogen and oxygen atoms in total. The lowest BCUT2D eigenvalue weighted by Crippen LogP contribution is -2.56. The molecule has 32 heavy (non-hydrogen) atoms. The van der Waals surface area contributed by atoms with E-state index < -0.39 is 28.7 Å². The van der Waals surface area contributed by atoms with Crippen molar-refractivity contribution < 1.29 is 24.2 Å². The molecule has 2 bridgehead atoms. The molecule has 174 valence electrons. The minimum atomic E-state index is -0.797. The predicted octanol–water partition coefficient (Wildman–Crippen LogP) is 2.27. The van der Waals surface area contributed by atoms with Crippen molar-refractivity contribution in [3.63, 3.8) is 0 Å². The first-order valence-electron chi connectivity index (χ1n) is 11.0. The number of benzene rings is 1. The van der Waals surface area contributed by atoms with Crippen LogP contribution in [0.3, 0.4) is 0 Å². The van der Waals surface area contributed by atoms with Gasteiger partial charge in [-0.15, -0.1) is 11.8 Å². The van der Waals surface area contributed by atoms with Crippen molar-refractivity contribution in [2.24, 2.45) is 11.8 Å². The smallest absolute Gasteiger partial charge is 0.310 e. The summed E-state index contributed by atoms with van der Waals surface area (Å²) < 4.78 is 4.60. The van der Waals surface area contributed by atoms with E-state index in [4.69, 9.17) is 4.74 Å². The second-order valence-electron chi connectivity index (χ2n) is 8.93. The molecule has 0 saturated carbocycles. The number of rotatable bonds is 7. The first kappa shape index (κ1) is 23.6. The molecule has 2 amide bonds. The summed E-state index contributed by atoms with van der Waals surface area (Å²) in [4.78, 5) is 42.0. The quantitative estimate of drug-likeness (QED) is 0.419. The number of likely N-dealkylation sites (tertiary alicyclic amines) is 1. The van der Waals surface area contributed by atoms with E-state index in [1.165, 1.54) is 4.90 Å². The lowest BCUT2D eigenvalue weighted by molar-refractivity contribution is -0.154. The maximum absolute atomic E-state index is 14.0. The molecule has 3 aliphatic heterocycles. The van der Waals surface area contributed by atoms with Crippen molar-refractivity contribution >= 4 is 45.5 Å². The number of nitrogens with zero attached hydrogens (tertiary/aromatic N) is 1. The molecule has 3 unspecified atom stereocenters. The molecule has 1 spiro atoms. The highest BCUT2D eigenvalue weighted by atomic mass is 79.9. The van der Waals surface area contributed by atoms with E-state index in [1.54, 1.807) is 18.7 Å². The molecule has 1 aromatic carbocycles. The van der Waals surface area contributed by atoms with E-state index in [9.17, 15) is 19.5 Å². The lowest BCUT2D eigenvalue weighted by atomic mass is 9.71. The van der Waals surface area contributed by atoms with Crippen LogP contribution in [0.4, 0.5) is 0 Å². The molecule has 0 aliphatic carbocycles. The van der Waals surface area contributed by atoms with Gasteiger partial charge in [-0.2, -0.15) is 0 Å². The highest BCUT2D eigenvalue weighted by molar-refractivity contribution is 9.09. The van der Waals surface area contributed by atoms with Gasteiger partial charge in [-0.1, -0.05) is 46.3 Å². The molecule has 3 fully saturated rings. The SMILES string of the molecule is CCOC(=O)[C@H]1[C@H]2C(=O)N([C@H](CO)c3ccccc3)C(C(=O)NC(C)C)C23CC(Br)[C@@H]1S3. The van der Waals surface area contributed by atoms with Crippen molar-refractivity contribution in [1.29, 1.82) is 0 Å². The van der Waals surface area contributed by atoms with E-state index in [1.807, 2.05) is 44.2 Å². The van der Waals surface area contributed by atoms with Gasteiger partial charge in [0, 0.05) is 16.1 Å². The Balaban J connectivity index is 1.83. The average molecular weight is 525 g/mol. The molecular weight excluding hydrogens is 496 g/mol. The number of esters is 1. The Morgan fingerprint density at radius 3 is 2.62 bits per heavy atom. The minimum Gasteiger partial charge on any atom is -0.466 e. The summed E-state index contributed by atoms with van der Waals surface area (Å²) in [5.41, 5.74) is 0.754. The van der Waals surface area contributed by atoms with Crippen LogP contribution in [0.5, 0.6) is 0 Å². The highest BCUT2D eigenvalue weighted by Crippen LogP contribution is 2.68. The summed E-state index contributed by atoms with van der Waals surface area (Å²) >= 11 is 5.27. The van der Waals surface area contributed by atoms with Crippen LogP contribution in [0.25, 0.3) is 0 Å². The van der Waals surface area contributed by atoms with E-state index in [0.717, 1.165) is 5.56 Å². The largest absolute Gasteiger partial charge is 0.466 e. The molecule has 0 radical (unpaired) electrons. The topological polar surface area (TPSA) is 95.9 Å². The van der Waals surface area contributed by atoms with Gasteiger partial charge in [0.1, 0.15) is 6.04 Å². The van der Waals surface area contributed by atoms with Crippen LogP contribution >= 0.6 is 27.7 Å². The van der Waals surface area contributed by atoms with Gasteiger partial charge in [-0.25, -0.2) is 0 Å². The molecule has 2 N–H and O–H groups in total. The van der Waals surface area contributed by atoms with Crippen LogP contribution in [0.1, 0.15) is 38.8 Å². The van der Waals surface area contributed by atoms with Crippen LogP contribution in [0.2, 0.25) is 0 Å². The summed E-state index contributed by atoms with van der Waals surface area (Å²) in [6.45, 7) is 5.42. The monoisotopic (exact) mass is 524 g/mol. The number of hydrogen-bond donors (Lipinski definition) is 2. The lowest BCUT2D eigenvalue weighted by Gasteiger charge is -2.37. The third-order valence-corrected chi connectivity index (χ3v) is 9.88. The van der Waals surface area contributed by atoms with Crippen LogP contribution in [0.15, 0.2) is 30.3 Å². The summed E-state index contributed by atoms with van der Waals surface area (Å²) in [6.07, 6.45) is 0.592. The molecule has 0 aromatic heterocycles. The maximum atomic E-state index is 14.0. The molecular formula is C23H29BrN2O5S. The molecule has 9 heteroatoms. The fourth-order valence-electron chi connectivity index (χ4n) is 5.60. The van der Waals surface area contributed by atoms with E-state index in [-0.39, 0.29) is 47.1 Å². The minimum absolute atomic E-state index is 0.00967. The first-order chi connectivity index (χ1) is 15.3. The van der Waals surface area contributed by atoms with Crippen molar-refractivity contribution in [3.8, 4) is 0 Å². The fraction of sp³-hybridized carbons (Fsp3) is 0.609. The van der Waals surface area contributed by atoms with Gasteiger partial charge in [0.05, 0.1) is 35.8 Å². The van der Waals surface area contributed by atoms with E-state index >= 15 is 0 Å². The number of fused-ring (bicyclic) bond motifs is 1. The zero-order chi connectivity index (χ0) is 23.2. The Kier molecular flexibility index (Phi) is 6.62. The predicted molar refractivity (Wildman–Crippen MR) is 125 cm³/mol. The Morgan fingerprint density at radius 2 is 2.03 bits per heavy atom. The number of carbonyl (C=O) groups excluding carboxylic acids is 3. The van der Waals surface area contributed by atoms with Gasteiger partial charge in [0.2, 0.25) is 11.8 Å². The number of carbonyl (C=O) groups is 3. The highest BCUT2D eigenvalue weighted by Gasteiger charge is 2.76. The zero-order valence-electron chi connectivity index (χ0n) is 18.4. The van der Waals surface area contributed by atoms with Gasteiger partial charge < -0.3 is 20.1 Å². The van der Waals surface area contributed by atoms with Gasteiger partial charge in [0.25, 0.3) is 0 Å². The van der Waals surface area contributed by atoms with Crippen LogP contribution in [-0.2, 0) is 19.1 Å². The van der Waals surface area contributed by atoms with Gasteiger partial charge in [0.15, 0.2) is 0 Å². The summed E-state index contributed by atoms with van der Waals surface area (Å²) in [5.74, 6) is -2.18. The third kappa shape index (κ3) is 3.56. The van der Waals surface area contributed by atoms with Crippen molar-refractivity contribution in [1.82, 2.24) is 10.2 Å². The van der Waals surface area contributed by atoms with Gasteiger partial charge >= 0.3 is 5.97 Å². The normalized spacial score (nSPS) is 34.0. The number of nitrogens with one attached hydrogen (secondary N) is 1. The summed E-state index contributed by atoms with van der Waals surface area (Å²) in [6, 6.07) is 7.66. The Bertz CT molecular complexity index is 900. The molecule has 3 heterocycles. The molecule has 7 atom stereocenters. The second-order valence-corrected chi connectivity index (χ2v) is 11.6. The van der Waals surface area contributed by atoms with Crippen molar-refractivity contribution in [2.45, 2.75) is 60.1 Å². The standard InChI is InChI=1S/C23H29BrN2O5S/c1-4-31-22(30)16-17-21(29)26(15(11-27)13-8-6-5-7-9-13)19(20(28)25-12(2)3)23(17)10-14(24)18(16)32-23/h5-9,12,14-19,27H,4,10-11H2,1-3H3,(H,25,28)/t14?,15-,16+,17+,18+,19?,23?/m1/s1. The molecule has 4 rings (SSSR count). The number of halogens is 1. The van der Waals surface area contributed by atoms with Gasteiger partial charge in [-0.05, 0) is 32.8 Å². The number of aliphatic hydroxyl groups is 1. The Morgan fingerprint density at radius 1 is 1.34 bits per heavy atom. The van der Waals surface area contributed by atoms with E-state index in [0.29, 0.717) is 6.42 Å². The molecule has 3 saturated heterocycles. The number of alkyl halides is 1. The zero-order valence-corrected chi connectivity index (χ0v) is 20.8.